The van der Waals surface area contributed by atoms with Gasteiger partial charge in [-0.1, -0.05) is 18.2 Å². The summed E-state index contributed by atoms with van der Waals surface area (Å²) in [7, 11) is 3.44. The van der Waals surface area contributed by atoms with Crippen LogP contribution in [0.4, 0.5) is 5.69 Å². The first kappa shape index (κ1) is 28.5. The molecule has 1 aliphatic heterocycles. The standard InChI is InChI=1S/C33H39N3O5/c1-35(21-26-7-3-4-15-34-26)33(39)29-12-11-27(40-2)19-31(29)36-16-13-23(14-17-36)22-41-28-8-5-6-25(18-28)30(20-32(37)38)24-9-10-24/h3-8,11-12,15,18-19,23-24,30H,9-10,13-14,16-17,20-22H2,1-2H3,(H,37,38). The van der Waals surface area contributed by atoms with Crippen molar-refractivity contribution in [3.63, 3.8) is 0 Å². The fraction of sp³-hybridized carbons (Fsp3) is 0.424. The van der Waals surface area contributed by atoms with Crippen LogP contribution in [-0.2, 0) is 11.3 Å². The average Bonchev–Trinajstić information content (AvgIpc) is 3.84. The van der Waals surface area contributed by atoms with Gasteiger partial charge in [0.15, 0.2) is 0 Å². The summed E-state index contributed by atoms with van der Waals surface area (Å²) in [6, 6.07) is 19.3. The van der Waals surface area contributed by atoms with E-state index in [0.29, 0.717) is 30.6 Å². The second-order valence-corrected chi connectivity index (χ2v) is 11.2. The largest absolute Gasteiger partial charge is 0.497 e. The lowest BCUT2D eigenvalue weighted by Crippen LogP contribution is -2.37. The molecule has 2 aliphatic rings. The first-order chi connectivity index (χ1) is 19.9. The van der Waals surface area contributed by atoms with Gasteiger partial charge in [-0.05, 0) is 85.4 Å². The summed E-state index contributed by atoms with van der Waals surface area (Å²) in [6.45, 7) is 2.67. The van der Waals surface area contributed by atoms with Gasteiger partial charge in [0.1, 0.15) is 11.5 Å². The summed E-state index contributed by atoms with van der Waals surface area (Å²) in [6.07, 6.45) is 5.99. The van der Waals surface area contributed by atoms with E-state index >= 15 is 0 Å². The smallest absolute Gasteiger partial charge is 0.303 e. The maximum absolute atomic E-state index is 13.5. The number of hydrogen-bond donors (Lipinski definition) is 1. The summed E-state index contributed by atoms with van der Waals surface area (Å²) in [4.78, 5) is 33.2. The van der Waals surface area contributed by atoms with Crippen LogP contribution in [0.1, 0.15) is 59.6 Å². The van der Waals surface area contributed by atoms with E-state index in [1.54, 1.807) is 25.3 Å². The molecule has 0 spiro atoms. The minimum absolute atomic E-state index is 0.0500. The highest BCUT2D eigenvalue weighted by atomic mass is 16.5. The maximum atomic E-state index is 13.5. The van der Waals surface area contributed by atoms with Gasteiger partial charge in [0, 0.05) is 32.4 Å². The minimum atomic E-state index is -0.749. The predicted molar refractivity (Wildman–Crippen MR) is 158 cm³/mol. The fourth-order valence-electron chi connectivity index (χ4n) is 5.73. The number of ether oxygens (including phenoxy) is 2. The van der Waals surface area contributed by atoms with Crippen LogP contribution in [0.25, 0.3) is 0 Å². The lowest BCUT2D eigenvalue weighted by molar-refractivity contribution is -0.137. The van der Waals surface area contributed by atoms with Crippen LogP contribution >= 0.6 is 0 Å². The number of methoxy groups -OCH3 is 1. The van der Waals surface area contributed by atoms with Crippen molar-refractivity contribution in [2.24, 2.45) is 11.8 Å². The summed E-state index contributed by atoms with van der Waals surface area (Å²) < 4.78 is 11.7. The molecule has 1 amide bonds. The van der Waals surface area contributed by atoms with Crippen LogP contribution in [0.5, 0.6) is 11.5 Å². The Morgan fingerprint density at radius 3 is 2.51 bits per heavy atom. The first-order valence-electron chi connectivity index (χ1n) is 14.4. The van der Waals surface area contributed by atoms with Crippen LogP contribution in [-0.4, -0.2) is 60.7 Å². The van der Waals surface area contributed by atoms with Crippen molar-refractivity contribution in [2.45, 2.75) is 44.6 Å². The molecule has 1 N–H and O–H groups in total. The monoisotopic (exact) mass is 557 g/mol. The van der Waals surface area contributed by atoms with Crippen molar-refractivity contribution >= 4 is 17.6 Å². The molecule has 1 aromatic heterocycles. The van der Waals surface area contributed by atoms with Crippen LogP contribution < -0.4 is 14.4 Å². The number of aromatic nitrogens is 1. The molecule has 8 heteroatoms. The van der Waals surface area contributed by atoms with E-state index in [1.807, 2.05) is 60.7 Å². The van der Waals surface area contributed by atoms with E-state index in [9.17, 15) is 14.7 Å². The van der Waals surface area contributed by atoms with Gasteiger partial charge in [-0.25, -0.2) is 0 Å². The summed E-state index contributed by atoms with van der Waals surface area (Å²) in [5, 5.41) is 9.37. The Morgan fingerprint density at radius 2 is 1.83 bits per heavy atom. The number of nitrogens with zero attached hydrogens (tertiary/aromatic N) is 3. The van der Waals surface area contributed by atoms with Crippen molar-refractivity contribution in [2.75, 3.05) is 38.8 Å². The van der Waals surface area contributed by atoms with E-state index in [1.165, 1.54) is 0 Å². The SMILES string of the molecule is COc1ccc(C(=O)N(C)Cc2ccccn2)c(N2CCC(COc3cccc(C(CC(=O)O)C4CC4)c3)CC2)c1. The highest BCUT2D eigenvalue weighted by molar-refractivity contribution is 6.00. The first-order valence-corrected chi connectivity index (χ1v) is 14.4. The van der Waals surface area contributed by atoms with E-state index in [0.717, 1.165) is 67.2 Å². The summed E-state index contributed by atoms with van der Waals surface area (Å²) in [5.41, 5.74) is 3.45. The number of piperidine rings is 1. The molecule has 1 saturated carbocycles. The number of benzene rings is 2. The maximum Gasteiger partial charge on any atom is 0.303 e. The number of pyridine rings is 1. The Kier molecular flexibility index (Phi) is 9.07. The lowest BCUT2D eigenvalue weighted by Gasteiger charge is -2.35. The van der Waals surface area contributed by atoms with Crippen LogP contribution in [0.2, 0.25) is 0 Å². The predicted octanol–water partition coefficient (Wildman–Crippen LogP) is 5.63. The van der Waals surface area contributed by atoms with Gasteiger partial charge in [0.25, 0.3) is 5.91 Å². The zero-order chi connectivity index (χ0) is 28.8. The normalized spacial score (nSPS) is 16.2. The molecule has 1 aliphatic carbocycles. The second kappa shape index (κ2) is 13.1. The van der Waals surface area contributed by atoms with Gasteiger partial charge >= 0.3 is 5.97 Å². The molecular formula is C33H39N3O5. The average molecular weight is 558 g/mol. The van der Waals surface area contributed by atoms with E-state index in [2.05, 4.69) is 9.88 Å². The lowest BCUT2D eigenvalue weighted by atomic mass is 9.91. The number of anilines is 1. The number of rotatable bonds is 12. The quantitative estimate of drug-likeness (QED) is 0.309. The van der Waals surface area contributed by atoms with Gasteiger partial charge in [0.2, 0.25) is 0 Å². The minimum Gasteiger partial charge on any atom is -0.497 e. The second-order valence-electron chi connectivity index (χ2n) is 11.2. The molecular weight excluding hydrogens is 518 g/mol. The van der Waals surface area contributed by atoms with Gasteiger partial charge in [-0.2, -0.15) is 0 Å². The van der Waals surface area contributed by atoms with Crippen molar-refractivity contribution < 1.29 is 24.2 Å². The number of aliphatic carboxylic acids is 1. The molecule has 2 aromatic carbocycles. The highest BCUT2D eigenvalue weighted by Crippen LogP contribution is 2.45. The fourth-order valence-corrected chi connectivity index (χ4v) is 5.73. The Hall–Kier alpha value is -4.07. The number of amides is 1. The van der Waals surface area contributed by atoms with Crippen molar-refractivity contribution in [3.05, 3.63) is 83.7 Å². The van der Waals surface area contributed by atoms with Gasteiger partial charge < -0.3 is 24.4 Å². The molecule has 5 rings (SSSR count). The molecule has 3 aromatic rings. The number of carbonyl (C=O) groups excluding carboxylic acids is 1. The molecule has 0 bridgehead atoms. The third kappa shape index (κ3) is 7.37. The molecule has 1 saturated heterocycles. The zero-order valence-corrected chi connectivity index (χ0v) is 23.9. The highest BCUT2D eigenvalue weighted by Gasteiger charge is 2.34. The third-order valence-corrected chi connectivity index (χ3v) is 8.22. The van der Waals surface area contributed by atoms with Crippen LogP contribution in [0.15, 0.2) is 66.9 Å². The molecule has 1 unspecified atom stereocenters. The molecule has 0 radical (unpaired) electrons. The van der Waals surface area contributed by atoms with Crippen molar-refractivity contribution in [1.82, 2.24) is 9.88 Å². The van der Waals surface area contributed by atoms with Gasteiger partial charge in [-0.15, -0.1) is 0 Å². The third-order valence-electron chi connectivity index (χ3n) is 8.22. The number of carbonyl (C=O) groups is 2. The van der Waals surface area contributed by atoms with Gasteiger partial charge in [-0.3, -0.25) is 14.6 Å². The molecule has 8 nitrogen and oxygen atoms in total. The van der Waals surface area contributed by atoms with Crippen molar-refractivity contribution in [1.29, 1.82) is 0 Å². The van der Waals surface area contributed by atoms with Crippen LogP contribution in [0, 0.1) is 11.8 Å². The molecule has 41 heavy (non-hydrogen) atoms. The summed E-state index contributed by atoms with van der Waals surface area (Å²) in [5.74, 6) is 1.65. The van der Waals surface area contributed by atoms with Crippen LogP contribution in [0.3, 0.4) is 0 Å². The Bertz CT molecular complexity index is 1340. The zero-order valence-electron chi connectivity index (χ0n) is 23.9. The topological polar surface area (TPSA) is 92.2 Å². The van der Waals surface area contributed by atoms with Crippen molar-refractivity contribution in [3.8, 4) is 11.5 Å². The number of carboxylic acid groups (broad SMARTS) is 1. The Labute approximate surface area is 241 Å². The van der Waals surface area contributed by atoms with E-state index < -0.39 is 5.97 Å². The Balaban J connectivity index is 1.20. The van der Waals surface area contributed by atoms with Gasteiger partial charge in [0.05, 0.1) is 43.6 Å². The molecule has 2 fully saturated rings. The Morgan fingerprint density at radius 1 is 1.02 bits per heavy atom. The number of carboxylic acids is 1. The van der Waals surface area contributed by atoms with E-state index in [-0.39, 0.29) is 18.2 Å². The molecule has 2 heterocycles. The molecule has 216 valence electrons. The number of hydrogen-bond acceptors (Lipinski definition) is 6. The summed E-state index contributed by atoms with van der Waals surface area (Å²) >= 11 is 0. The molecule has 1 atom stereocenters. The van der Waals surface area contributed by atoms with E-state index in [4.69, 9.17) is 9.47 Å².